The van der Waals surface area contributed by atoms with Gasteiger partial charge in [-0.15, -0.1) is 0 Å². The van der Waals surface area contributed by atoms with Crippen LogP contribution in [0.25, 0.3) is 0 Å². The number of hydrogen-bond donors (Lipinski definition) is 1. The number of nitrogens with zero attached hydrogens (tertiary/aromatic N) is 2. The SMILES string of the molecule is Cc1ccc2c(n1)NC(CCC1CCN(Cc3ccccc3)CC1)C(=S)O2. The van der Waals surface area contributed by atoms with Gasteiger partial charge in [-0.25, -0.2) is 4.98 Å². The number of benzene rings is 1. The number of pyridine rings is 1. The maximum absolute atomic E-state index is 5.82. The second-order valence-electron chi connectivity index (χ2n) is 7.70. The summed E-state index contributed by atoms with van der Waals surface area (Å²) in [5, 5.41) is 4.13. The molecule has 4 nitrogen and oxygen atoms in total. The number of ether oxygens (including phenoxy) is 1. The average molecular weight is 382 g/mol. The fraction of sp³-hybridized carbons (Fsp3) is 0.455. The van der Waals surface area contributed by atoms with Gasteiger partial charge in [-0.2, -0.15) is 0 Å². The normalized spacial score (nSPS) is 20.6. The van der Waals surface area contributed by atoms with Gasteiger partial charge in [0.25, 0.3) is 0 Å². The van der Waals surface area contributed by atoms with E-state index in [1.54, 1.807) is 0 Å². The summed E-state index contributed by atoms with van der Waals surface area (Å²) in [5.41, 5.74) is 2.40. The predicted octanol–water partition coefficient (Wildman–Crippen LogP) is 4.58. The van der Waals surface area contributed by atoms with E-state index in [1.165, 1.54) is 37.9 Å². The highest BCUT2D eigenvalue weighted by Gasteiger charge is 2.27. The Morgan fingerprint density at radius 3 is 2.67 bits per heavy atom. The molecular weight excluding hydrogens is 354 g/mol. The molecule has 0 amide bonds. The largest absolute Gasteiger partial charge is 0.444 e. The van der Waals surface area contributed by atoms with Crippen LogP contribution in [0.1, 0.15) is 36.9 Å². The van der Waals surface area contributed by atoms with Crippen molar-refractivity contribution in [2.45, 2.75) is 45.2 Å². The van der Waals surface area contributed by atoms with Gasteiger partial charge in [0.2, 0.25) is 0 Å². The summed E-state index contributed by atoms with van der Waals surface area (Å²) in [6.45, 7) is 5.43. The number of aromatic nitrogens is 1. The van der Waals surface area contributed by atoms with Crippen molar-refractivity contribution in [1.82, 2.24) is 9.88 Å². The van der Waals surface area contributed by atoms with E-state index in [-0.39, 0.29) is 6.04 Å². The van der Waals surface area contributed by atoms with E-state index >= 15 is 0 Å². The Morgan fingerprint density at radius 1 is 1.11 bits per heavy atom. The topological polar surface area (TPSA) is 37.4 Å². The number of thiocarbonyl (C=S) groups is 1. The molecule has 2 aromatic rings. The molecular formula is C22H27N3OS. The smallest absolute Gasteiger partial charge is 0.189 e. The van der Waals surface area contributed by atoms with Gasteiger partial charge in [-0.1, -0.05) is 30.3 Å². The summed E-state index contributed by atoms with van der Waals surface area (Å²) >= 11 is 5.47. The van der Waals surface area contributed by atoms with Gasteiger partial charge in [0, 0.05) is 12.2 Å². The number of nitrogens with one attached hydrogen (secondary N) is 1. The van der Waals surface area contributed by atoms with Crippen LogP contribution in [0.2, 0.25) is 0 Å². The number of aryl methyl sites for hydroxylation is 1. The number of hydrogen-bond acceptors (Lipinski definition) is 5. The molecule has 0 radical (unpaired) electrons. The van der Waals surface area contributed by atoms with E-state index in [9.17, 15) is 0 Å². The molecule has 142 valence electrons. The Balaban J connectivity index is 1.25. The van der Waals surface area contributed by atoms with Gasteiger partial charge in [0.05, 0.1) is 6.04 Å². The van der Waals surface area contributed by atoms with Crippen LogP contribution < -0.4 is 10.1 Å². The van der Waals surface area contributed by atoms with Gasteiger partial charge < -0.3 is 10.1 Å². The maximum Gasteiger partial charge on any atom is 0.189 e. The lowest BCUT2D eigenvalue weighted by Crippen LogP contribution is -2.38. The molecule has 2 aliphatic heterocycles. The summed E-state index contributed by atoms with van der Waals surface area (Å²) in [7, 11) is 0. The molecule has 0 bridgehead atoms. The van der Waals surface area contributed by atoms with Crippen LogP contribution in [0.3, 0.4) is 0 Å². The Hall–Kier alpha value is -1.98. The van der Waals surface area contributed by atoms with Crippen molar-refractivity contribution < 1.29 is 4.74 Å². The van der Waals surface area contributed by atoms with Crippen molar-refractivity contribution in [2.75, 3.05) is 18.4 Å². The molecule has 0 spiro atoms. The molecule has 1 aromatic carbocycles. The van der Waals surface area contributed by atoms with Crippen LogP contribution in [0.4, 0.5) is 5.82 Å². The number of likely N-dealkylation sites (tertiary alicyclic amines) is 1. The van der Waals surface area contributed by atoms with E-state index in [4.69, 9.17) is 17.0 Å². The predicted molar refractivity (Wildman–Crippen MR) is 113 cm³/mol. The van der Waals surface area contributed by atoms with Crippen LogP contribution in [0.5, 0.6) is 5.75 Å². The molecule has 4 rings (SSSR count). The molecule has 1 N–H and O–H groups in total. The summed E-state index contributed by atoms with van der Waals surface area (Å²) in [6, 6.07) is 14.7. The standard InChI is InChI=1S/C22H27N3OS/c1-16-7-10-20-21(23-16)24-19(22(27)26-20)9-8-17-11-13-25(14-12-17)15-18-5-3-2-4-6-18/h2-7,10,17,19H,8-9,11-15H2,1H3,(H,23,24). The third-order valence-corrected chi connectivity index (χ3v) is 5.99. The Kier molecular flexibility index (Phi) is 5.69. The lowest BCUT2D eigenvalue weighted by atomic mass is 9.90. The molecule has 1 atom stereocenters. The van der Waals surface area contributed by atoms with Crippen molar-refractivity contribution in [3.63, 3.8) is 0 Å². The molecule has 0 aliphatic carbocycles. The van der Waals surface area contributed by atoms with E-state index < -0.39 is 0 Å². The zero-order chi connectivity index (χ0) is 18.6. The highest BCUT2D eigenvalue weighted by atomic mass is 32.1. The number of fused-ring (bicyclic) bond motifs is 1. The van der Waals surface area contributed by atoms with E-state index in [1.807, 2.05) is 19.1 Å². The molecule has 5 heteroatoms. The van der Waals surface area contributed by atoms with Crippen LogP contribution >= 0.6 is 12.2 Å². The Bertz CT molecular complexity index is 787. The highest BCUT2D eigenvalue weighted by Crippen LogP contribution is 2.31. The first-order valence-electron chi connectivity index (χ1n) is 9.89. The van der Waals surface area contributed by atoms with Crippen LogP contribution in [0.15, 0.2) is 42.5 Å². The average Bonchev–Trinajstić information content (AvgIpc) is 2.68. The molecule has 0 saturated carbocycles. The third-order valence-electron chi connectivity index (χ3n) is 5.62. The first-order chi connectivity index (χ1) is 13.2. The molecule has 3 heterocycles. The number of anilines is 1. The third kappa shape index (κ3) is 4.66. The molecule has 27 heavy (non-hydrogen) atoms. The van der Waals surface area contributed by atoms with E-state index in [2.05, 4.69) is 45.5 Å². The zero-order valence-electron chi connectivity index (χ0n) is 15.9. The molecule has 1 fully saturated rings. The summed E-state index contributed by atoms with van der Waals surface area (Å²) < 4.78 is 5.82. The van der Waals surface area contributed by atoms with Gasteiger partial charge in [-0.3, -0.25) is 4.90 Å². The molecule has 2 aliphatic rings. The van der Waals surface area contributed by atoms with Crippen molar-refractivity contribution in [2.24, 2.45) is 5.92 Å². The second-order valence-corrected chi connectivity index (χ2v) is 8.10. The number of rotatable bonds is 5. The zero-order valence-corrected chi connectivity index (χ0v) is 16.7. The summed E-state index contributed by atoms with van der Waals surface area (Å²) in [6.07, 6.45) is 4.72. The van der Waals surface area contributed by atoms with Gasteiger partial charge in [0.15, 0.2) is 16.6 Å². The first kappa shape index (κ1) is 18.4. The minimum Gasteiger partial charge on any atom is -0.444 e. The first-order valence-corrected chi connectivity index (χ1v) is 10.3. The Labute approximate surface area is 166 Å². The van der Waals surface area contributed by atoms with Crippen molar-refractivity contribution in [1.29, 1.82) is 0 Å². The lowest BCUT2D eigenvalue weighted by molar-refractivity contribution is 0.170. The number of piperidine rings is 1. The monoisotopic (exact) mass is 381 g/mol. The van der Waals surface area contributed by atoms with Crippen LogP contribution in [-0.4, -0.2) is 34.1 Å². The van der Waals surface area contributed by atoms with Gasteiger partial charge in [-0.05, 0) is 81.5 Å². The minimum absolute atomic E-state index is 0.0872. The van der Waals surface area contributed by atoms with Gasteiger partial charge in [0.1, 0.15) is 0 Å². The summed E-state index contributed by atoms with van der Waals surface area (Å²) in [5.74, 6) is 2.34. The molecule has 1 unspecified atom stereocenters. The molecule has 1 saturated heterocycles. The fourth-order valence-corrected chi connectivity index (χ4v) is 4.27. The Morgan fingerprint density at radius 2 is 1.89 bits per heavy atom. The molecule has 1 aromatic heterocycles. The summed E-state index contributed by atoms with van der Waals surface area (Å²) in [4.78, 5) is 7.11. The van der Waals surface area contributed by atoms with Crippen molar-refractivity contribution in [3.8, 4) is 5.75 Å². The minimum atomic E-state index is 0.0872. The second kappa shape index (κ2) is 8.36. The van der Waals surface area contributed by atoms with Crippen LogP contribution in [0, 0.1) is 12.8 Å². The van der Waals surface area contributed by atoms with Gasteiger partial charge >= 0.3 is 0 Å². The lowest BCUT2D eigenvalue weighted by Gasteiger charge is -2.33. The van der Waals surface area contributed by atoms with E-state index in [0.29, 0.717) is 5.05 Å². The highest BCUT2D eigenvalue weighted by molar-refractivity contribution is 7.80. The quantitative estimate of drug-likeness (QED) is 0.767. The van der Waals surface area contributed by atoms with Crippen molar-refractivity contribution in [3.05, 3.63) is 53.7 Å². The maximum atomic E-state index is 5.82. The van der Waals surface area contributed by atoms with Crippen LogP contribution in [-0.2, 0) is 6.54 Å². The fourth-order valence-electron chi connectivity index (χ4n) is 4.00. The van der Waals surface area contributed by atoms with Crippen molar-refractivity contribution >= 4 is 23.1 Å². The van der Waals surface area contributed by atoms with E-state index in [0.717, 1.165) is 36.1 Å².